The highest BCUT2D eigenvalue weighted by atomic mass is 16.1. The molecule has 0 unspecified atom stereocenters. The summed E-state index contributed by atoms with van der Waals surface area (Å²) in [6.45, 7) is 5.88. The third-order valence-corrected chi connectivity index (χ3v) is 4.78. The van der Waals surface area contributed by atoms with Crippen molar-refractivity contribution in [3.63, 3.8) is 0 Å². The van der Waals surface area contributed by atoms with Crippen LogP contribution in [0.15, 0.2) is 48.8 Å². The summed E-state index contributed by atoms with van der Waals surface area (Å²) in [4.78, 5) is 18.9. The molecule has 1 amide bonds. The molecule has 1 aromatic heterocycles. The van der Waals surface area contributed by atoms with Crippen molar-refractivity contribution in [1.82, 2.24) is 15.2 Å². The number of pyridine rings is 1. The molecule has 0 saturated carbocycles. The number of amides is 1. The minimum Gasteiger partial charge on any atom is -0.352 e. The third-order valence-electron chi connectivity index (χ3n) is 4.78. The number of carbonyl (C=O) groups is 1. The van der Waals surface area contributed by atoms with E-state index in [0.29, 0.717) is 5.92 Å². The number of aryl methyl sites for hydroxylation is 1. The Labute approximate surface area is 143 Å². The van der Waals surface area contributed by atoms with E-state index >= 15 is 0 Å². The SMILES string of the molecule is Cc1ccccc1C(=O)NCC1CCN(Cc2cccnc2)CC1. The largest absolute Gasteiger partial charge is 0.352 e. The lowest BCUT2D eigenvalue weighted by Gasteiger charge is -2.32. The summed E-state index contributed by atoms with van der Waals surface area (Å²) < 4.78 is 0. The Morgan fingerprint density at radius 2 is 2.00 bits per heavy atom. The van der Waals surface area contributed by atoms with Crippen LogP contribution in [-0.4, -0.2) is 35.4 Å². The lowest BCUT2D eigenvalue weighted by Crippen LogP contribution is -2.38. The van der Waals surface area contributed by atoms with Gasteiger partial charge in [-0.25, -0.2) is 0 Å². The predicted molar refractivity (Wildman–Crippen MR) is 95.8 cm³/mol. The second kappa shape index (κ2) is 8.06. The van der Waals surface area contributed by atoms with E-state index in [0.717, 1.165) is 50.1 Å². The summed E-state index contributed by atoms with van der Waals surface area (Å²) in [5, 5.41) is 3.11. The zero-order valence-corrected chi connectivity index (χ0v) is 14.2. The van der Waals surface area contributed by atoms with Crippen LogP contribution >= 0.6 is 0 Å². The molecular formula is C20H25N3O. The van der Waals surface area contributed by atoms with E-state index < -0.39 is 0 Å². The second-order valence-electron chi connectivity index (χ2n) is 6.61. The number of likely N-dealkylation sites (tertiary alicyclic amines) is 1. The van der Waals surface area contributed by atoms with Gasteiger partial charge in [0.25, 0.3) is 5.91 Å². The molecule has 0 aliphatic carbocycles. The smallest absolute Gasteiger partial charge is 0.251 e. The first-order valence-corrected chi connectivity index (χ1v) is 8.67. The van der Waals surface area contributed by atoms with Crippen LogP contribution in [0.25, 0.3) is 0 Å². The maximum Gasteiger partial charge on any atom is 0.251 e. The Kier molecular flexibility index (Phi) is 5.59. The lowest BCUT2D eigenvalue weighted by molar-refractivity contribution is 0.0934. The van der Waals surface area contributed by atoms with Crippen LogP contribution < -0.4 is 5.32 Å². The van der Waals surface area contributed by atoms with Crippen molar-refractivity contribution in [2.24, 2.45) is 5.92 Å². The first kappa shape index (κ1) is 16.7. The van der Waals surface area contributed by atoms with Crippen LogP contribution in [0.4, 0.5) is 0 Å². The molecule has 3 rings (SSSR count). The van der Waals surface area contributed by atoms with Gasteiger partial charge in [-0.3, -0.25) is 14.7 Å². The standard InChI is InChI=1S/C20H25N3O/c1-16-5-2-3-7-19(16)20(24)22-14-17-8-11-23(12-9-17)15-18-6-4-10-21-13-18/h2-7,10,13,17H,8-9,11-12,14-15H2,1H3,(H,22,24). The van der Waals surface area contributed by atoms with E-state index in [4.69, 9.17) is 0 Å². The van der Waals surface area contributed by atoms with E-state index in [-0.39, 0.29) is 5.91 Å². The zero-order chi connectivity index (χ0) is 16.8. The number of nitrogens with zero attached hydrogens (tertiary/aromatic N) is 2. The molecule has 1 aliphatic rings. The summed E-state index contributed by atoms with van der Waals surface area (Å²) in [6.07, 6.45) is 6.02. The fourth-order valence-corrected chi connectivity index (χ4v) is 3.26. The van der Waals surface area contributed by atoms with Gasteiger partial charge in [0.15, 0.2) is 0 Å². The van der Waals surface area contributed by atoms with E-state index in [1.165, 1.54) is 5.56 Å². The van der Waals surface area contributed by atoms with E-state index in [1.54, 1.807) is 0 Å². The molecule has 24 heavy (non-hydrogen) atoms. The molecule has 4 heteroatoms. The van der Waals surface area contributed by atoms with Crippen LogP contribution in [0.3, 0.4) is 0 Å². The fraction of sp³-hybridized carbons (Fsp3) is 0.400. The van der Waals surface area contributed by atoms with Gasteiger partial charge in [-0.1, -0.05) is 24.3 Å². The Hall–Kier alpha value is -2.20. The molecule has 4 nitrogen and oxygen atoms in total. The van der Waals surface area contributed by atoms with Gasteiger partial charge in [0.1, 0.15) is 0 Å². The lowest BCUT2D eigenvalue weighted by atomic mass is 9.96. The Morgan fingerprint density at radius 3 is 2.71 bits per heavy atom. The highest BCUT2D eigenvalue weighted by molar-refractivity contribution is 5.95. The average Bonchev–Trinajstić information content (AvgIpc) is 2.62. The molecule has 126 valence electrons. The van der Waals surface area contributed by atoms with Crippen LogP contribution in [0.5, 0.6) is 0 Å². The fourth-order valence-electron chi connectivity index (χ4n) is 3.26. The van der Waals surface area contributed by atoms with Gasteiger partial charge >= 0.3 is 0 Å². The molecule has 2 aromatic rings. The molecule has 1 aliphatic heterocycles. The minimum atomic E-state index is 0.0471. The first-order valence-electron chi connectivity index (χ1n) is 8.67. The van der Waals surface area contributed by atoms with Crippen LogP contribution in [0.2, 0.25) is 0 Å². The van der Waals surface area contributed by atoms with Gasteiger partial charge in [0.2, 0.25) is 0 Å². The maximum atomic E-state index is 12.3. The molecule has 0 atom stereocenters. The average molecular weight is 323 g/mol. The molecule has 1 fully saturated rings. The summed E-state index contributed by atoms with van der Waals surface area (Å²) >= 11 is 0. The Morgan fingerprint density at radius 1 is 1.21 bits per heavy atom. The van der Waals surface area contributed by atoms with Gasteiger partial charge in [0.05, 0.1) is 0 Å². The number of aromatic nitrogens is 1. The highest BCUT2D eigenvalue weighted by Gasteiger charge is 2.20. The number of hydrogen-bond acceptors (Lipinski definition) is 3. The maximum absolute atomic E-state index is 12.3. The van der Waals surface area contributed by atoms with Crippen LogP contribution in [0, 0.1) is 12.8 Å². The van der Waals surface area contributed by atoms with Gasteiger partial charge in [0, 0.05) is 31.0 Å². The Balaban J connectivity index is 1.43. The first-order chi connectivity index (χ1) is 11.7. The normalized spacial score (nSPS) is 16.0. The molecule has 1 aromatic carbocycles. The van der Waals surface area contributed by atoms with Crippen LogP contribution in [-0.2, 0) is 6.54 Å². The van der Waals surface area contributed by atoms with Gasteiger partial charge < -0.3 is 5.32 Å². The zero-order valence-electron chi connectivity index (χ0n) is 14.2. The van der Waals surface area contributed by atoms with E-state index in [1.807, 2.05) is 49.6 Å². The molecule has 1 saturated heterocycles. The number of hydrogen-bond donors (Lipinski definition) is 1. The molecule has 2 heterocycles. The van der Waals surface area contributed by atoms with Gasteiger partial charge in [-0.05, 0) is 62.0 Å². The van der Waals surface area contributed by atoms with Crippen molar-refractivity contribution in [1.29, 1.82) is 0 Å². The number of carbonyl (C=O) groups excluding carboxylic acids is 1. The summed E-state index contributed by atoms with van der Waals surface area (Å²) in [6, 6.07) is 11.9. The molecule has 0 spiro atoms. The number of benzene rings is 1. The summed E-state index contributed by atoms with van der Waals surface area (Å²) in [7, 11) is 0. The summed E-state index contributed by atoms with van der Waals surface area (Å²) in [5.74, 6) is 0.619. The van der Waals surface area contributed by atoms with Crippen molar-refractivity contribution in [2.75, 3.05) is 19.6 Å². The van der Waals surface area contributed by atoms with Crippen molar-refractivity contribution < 1.29 is 4.79 Å². The quantitative estimate of drug-likeness (QED) is 0.920. The summed E-state index contributed by atoms with van der Waals surface area (Å²) in [5.41, 5.74) is 3.08. The van der Waals surface area contributed by atoms with E-state index in [9.17, 15) is 4.79 Å². The van der Waals surface area contributed by atoms with Gasteiger partial charge in [-0.15, -0.1) is 0 Å². The molecule has 0 radical (unpaired) electrons. The van der Waals surface area contributed by atoms with Crippen molar-refractivity contribution in [3.05, 3.63) is 65.5 Å². The molecular weight excluding hydrogens is 298 g/mol. The number of rotatable bonds is 5. The van der Waals surface area contributed by atoms with E-state index in [2.05, 4.69) is 21.3 Å². The predicted octanol–water partition coefficient (Wildman–Crippen LogP) is 3.03. The topological polar surface area (TPSA) is 45.2 Å². The monoisotopic (exact) mass is 323 g/mol. The third kappa shape index (κ3) is 4.42. The number of piperidine rings is 1. The molecule has 0 bridgehead atoms. The van der Waals surface area contributed by atoms with Crippen molar-refractivity contribution in [3.8, 4) is 0 Å². The van der Waals surface area contributed by atoms with Crippen LogP contribution in [0.1, 0.15) is 34.3 Å². The van der Waals surface area contributed by atoms with Crippen molar-refractivity contribution >= 4 is 5.91 Å². The second-order valence-corrected chi connectivity index (χ2v) is 6.61. The van der Waals surface area contributed by atoms with Gasteiger partial charge in [-0.2, -0.15) is 0 Å². The Bertz CT molecular complexity index is 664. The minimum absolute atomic E-state index is 0.0471. The molecule has 1 N–H and O–H groups in total. The number of nitrogens with one attached hydrogen (secondary N) is 1. The highest BCUT2D eigenvalue weighted by Crippen LogP contribution is 2.18. The van der Waals surface area contributed by atoms with Crippen molar-refractivity contribution in [2.45, 2.75) is 26.3 Å².